The van der Waals surface area contributed by atoms with Crippen molar-refractivity contribution in [3.8, 4) is 0 Å². The number of hydrogen-bond acceptors (Lipinski definition) is 3. The van der Waals surface area contributed by atoms with Gasteiger partial charge in [-0.3, -0.25) is 0 Å². The first-order valence-electron chi connectivity index (χ1n) is 7.46. The van der Waals surface area contributed by atoms with Crippen LogP contribution < -0.4 is 0 Å². The molecule has 0 atom stereocenters. The number of nitrogens with zero attached hydrogens (tertiary/aromatic N) is 4. The summed E-state index contributed by atoms with van der Waals surface area (Å²) in [5.74, 6) is 2.85. The second-order valence-corrected chi connectivity index (χ2v) is 6.99. The topological polar surface area (TPSA) is 43.6 Å². The molecule has 4 bridgehead atoms. The van der Waals surface area contributed by atoms with Crippen molar-refractivity contribution in [1.82, 2.24) is 19.5 Å². The fourth-order valence-electron chi connectivity index (χ4n) is 5.47. The fourth-order valence-corrected chi connectivity index (χ4v) is 5.47. The maximum absolute atomic E-state index is 4.51. The Morgan fingerprint density at radius 1 is 1.00 bits per heavy atom. The predicted molar refractivity (Wildman–Crippen MR) is 71.5 cm³/mol. The SMILES string of the molecule is c1ncc2ncn(C34CC5CC(CC(C5)C3)C4)c2n1. The molecule has 0 aromatic carbocycles. The van der Waals surface area contributed by atoms with Gasteiger partial charge in [0.1, 0.15) is 11.8 Å². The predicted octanol–water partition coefficient (Wildman–Crippen LogP) is 2.75. The van der Waals surface area contributed by atoms with E-state index in [0.717, 1.165) is 28.9 Å². The molecule has 4 heteroatoms. The van der Waals surface area contributed by atoms with Gasteiger partial charge in [-0.1, -0.05) is 0 Å². The Bertz CT molecular complexity index is 609. The van der Waals surface area contributed by atoms with Gasteiger partial charge in [-0.25, -0.2) is 15.0 Å². The van der Waals surface area contributed by atoms with Crippen molar-refractivity contribution in [3.05, 3.63) is 18.9 Å². The minimum atomic E-state index is 0.317. The van der Waals surface area contributed by atoms with Gasteiger partial charge < -0.3 is 4.57 Å². The van der Waals surface area contributed by atoms with Gasteiger partial charge in [0.15, 0.2) is 5.65 Å². The molecule has 0 radical (unpaired) electrons. The van der Waals surface area contributed by atoms with Crippen LogP contribution in [0.1, 0.15) is 38.5 Å². The van der Waals surface area contributed by atoms with E-state index >= 15 is 0 Å². The Labute approximate surface area is 112 Å². The third kappa shape index (κ3) is 1.32. The molecule has 2 heterocycles. The zero-order valence-electron chi connectivity index (χ0n) is 11.0. The quantitative estimate of drug-likeness (QED) is 0.786. The molecule has 0 amide bonds. The van der Waals surface area contributed by atoms with Crippen molar-refractivity contribution in [2.45, 2.75) is 44.1 Å². The summed E-state index contributed by atoms with van der Waals surface area (Å²) >= 11 is 0. The van der Waals surface area contributed by atoms with Crippen LogP contribution in [-0.2, 0) is 5.54 Å². The van der Waals surface area contributed by atoms with Crippen LogP contribution in [-0.4, -0.2) is 19.5 Å². The summed E-state index contributed by atoms with van der Waals surface area (Å²) in [7, 11) is 0. The number of aromatic nitrogens is 4. The Morgan fingerprint density at radius 3 is 2.37 bits per heavy atom. The Hall–Kier alpha value is -1.45. The van der Waals surface area contributed by atoms with Crippen LogP contribution in [0.5, 0.6) is 0 Å². The molecule has 0 aliphatic heterocycles. The summed E-state index contributed by atoms with van der Waals surface area (Å²) in [4.78, 5) is 13.1. The summed E-state index contributed by atoms with van der Waals surface area (Å²) in [5, 5.41) is 0. The van der Waals surface area contributed by atoms with Crippen molar-refractivity contribution >= 4 is 11.2 Å². The van der Waals surface area contributed by atoms with E-state index in [9.17, 15) is 0 Å². The molecule has 0 spiro atoms. The molecule has 0 saturated heterocycles. The molecule has 4 nitrogen and oxygen atoms in total. The van der Waals surface area contributed by atoms with E-state index in [4.69, 9.17) is 0 Å². The highest BCUT2D eigenvalue weighted by atomic mass is 15.2. The normalized spacial score (nSPS) is 40.1. The molecular formula is C15H18N4. The molecular weight excluding hydrogens is 236 g/mol. The fraction of sp³-hybridized carbons (Fsp3) is 0.667. The van der Waals surface area contributed by atoms with E-state index in [1.807, 2.05) is 12.5 Å². The maximum Gasteiger partial charge on any atom is 0.163 e. The Morgan fingerprint density at radius 2 is 1.68 bits per heavy atom. The van der Waals surface area contributed by atoms with Gasteiger partial charge in [0.05, 0.1) is 12.5 Å². The van der Waals surface area contributed by atoms with Crippen LogP contribution in [0.25, 0.3) is 11.2 Å². The number of rotatable bonds is 1. The summed E-state index contributed by atoms with van der Waals surface area (Å²) in [6, 6.07) is 0. The van der Waals surface area contributed by atoms with Gasteiger partial charge in [0.25, 0.3) is 0 Å². The van der Waals surface area contributed by atoms with Crippen LogP contribution >= 0.6 is 0 Å². The lowest BCUT2D eigenvalue weighted by Crippen LogP contribution is -2.51. The van der Waals surface area contributed by atoms with Crippen LogP contribution in [0.3, 0.4) is 0 Å². The smallest absolute Gasteiger partial charge is 0.163 e. The minimum Gasteiger partial charge on any atom is -0.309 e. The first-order chi connectivity index (χ1) is 9.32. The van der Waals surface area contributed by atoms with Gasteiger partial charge in [-0.15, -0.1) is 0 Å². The molecule has 4 aliphatic rings. The standard InChI is InChI=1S/C15H18N4/c1-10-2-12-3-11(1)5-15(4-10,6-12)19-9-18-13-7-16-8-17-14(13)19/h7-12H,1-6H2. The Kier molecular flexibility index (Phi) is 1.83. The maximum atomic E-state index is 4.51. The van der Waals surface area contributed by atoms with Gasteiger partial charge in [0, 0.05) is 5.54 Å². The number of imidazole rings is 1. The minimum absolute atomic E-state index is 0.317. The van der Waals surface area contributed by atoms with Crippen molar-refractivity contribution in [2.24, 2.45) is 17.8 Å². The molecule has 4 fully saturated rings. The number of fused-ring (bicyclic) bond motifs is 1. The highest BCUT2D eigenvalue weighted by Crippen LogP contribution is 2.59. The lowest BCUT2D eigenvalue weighted by atomic mass is 9.53. The third-order valence-electron chi connectivity index (χ3n) is 5.73. The molecule has 19 heavy (non-hydrogen) atoms. The summed E-state index contributed by atoms with van der Waals surface area (Å²) in [6.07, 6.45) is 14.0. The molecule has 2 aromatic rings. The molecule has 98 valence electrons. The van der Waals surface area contributed by atoms with Crippen molar-refractivity contribution in [1.29, 1.82) is 0 Å². The molecule has 4 aliphatic carbocycles. The van der Waals surface area contributed by atoms with E-state index in [1.54, 1.807) is 6.33 Å². The van der Waals surface area contributed by atoms with E-state index < -0.39 is 0 Å². The van der Waals surface area contributed by atoms with Crippen molar-refractivity contribution in [2.75, 3.05) is 0 Å². The molecule has 4 saturated carbocycles. The summed E-state index contributed by atoms with van der Waals surface area (Å²) < 4.78 is 2.40. The van der Waals surface area contributed by atoms with Crippen LogP contribution in [0, 0.1) is 17.8 Å². The van der Waals surface area contributed by atoms with Gasteiger partial charge >= 0.3 is 0 Å². The highest BCUT2D eigenvalue weighted by molar-refractivity contribution is 5.69. The lowest BCUT2D eigenvalue weighted by molar-refractivity contribution is -0.0412. The zero-order chi connectivity index (χ0) is 12.4. The molecule has 6 rings (SSSR count). The van der Waals surface area contributed by atoms with Gasteiger partial charge in [-0.05, 0) is 56.3 Å². The Balaban J connectivity index is 1.69. The van der Waals surface area contributed by atoms with Crippen LogP contribution in [0.2, 0.25) is 0 Å². The van der Waals surface area contributed by atoms with E-state index in [0.29, 0.717) is 5.54 Å². The first kappa shape index (κ1) is 10.4. The van der Waals surface area contributed by atoms with Gasteiger partial charge in [-0.2, -0.15) is 0 Å². The van der Waals surface area contributed by atoms with Crippen LogP contribution in [0.15, 0.2) is 18.9 Å². The van der Waals surface area contributed by atoms with Crippen molar-refractivity contribution in [3.63, 3.8) is 0 Å². The second kappa shape index (κ2) is 3.35. The third-order valence-corrected chi connectivity index (χ3v) is 5.73. The van der Waals surface area contributed by atoms with Gasteiger partial charge in [0.2, 0.25) is 0 Å². The van der Waals surface area contributed by atoms with Crippen LogP contribution in [0.4, 0.5) is 0 Å². The largest absolute Gasteiger partial charge is 0.309 e. The monoisotopic (exact) mass is 254 g/mol. The van der Waals surface area contributed by atoms with E-state index in [2.05, 4.69) is 19.5 Å². The summed E-state index contributed by atoms with van der Waals surface area (Å²) in [5.41, 5.74) is 2.30. The highest BCUT2D eigenvalue weighted by Gasteiger charge is 2.52. The lowest BCUT2D eigenvalue weighted by Gasteiger charge is -2.57. The molecule has 2 aromatic heterocycles. The first-order valence-corrected chi connectivity index (χ1v) is 7.46. The van der Waals surface area contributed by atoms with E-state index in [1.165, 1.54) is 38.5 Å². The summed E-state index contributed by atoms with van der Waals surface area (Å²) in [6.45, 7) is 0. The number of hydrogen-bond donors (Lipinski definition) is 0. The molecule has 0 N–H and O–H groups in total. The molecule has 0 unspecified atom stereocenters. The van der Waals surface area contributed by atoms with Crippen molar-refractivity contribution < 1.29 is 0 Å². The average Bonchev–Trinajstić information content (AvgIpc) is 2.81. The zero-order valence-corrected chi connectivity index (χ0v) is 11.0. The average molecular weight is 254 g/mol. The van der Waals surface area contributed by atoms with E-state index in [-0.39, 0.29) is 0 Å². The second-order valence-electron chi connectivity index (χ2n) is 6.99.